The van der Waals surface area contributed by atoms with Gasteiger partial charge in [0.15, 0.2) is 5.11 Å². The molecule has 0 spiro atoms. The van der Waals surface area contributed by atoms with Gasteiger partial charge in [-0.15, -0.1) is 11.3 Å². The van der Waals surface area contributed by atoms with E-state index < -0.39 is 5.97 Å². The number of thiocarbonyl (C=S) groups is 1. The fourth-order valence-electron chi connectivity index (χ4n) is 1.91. The Balaban J connectivity index is 2.11. The SMILES string of the molecule is COC(=O)CNC(=S)N/N=C(/C)c1csc(-c2ccc(Cl)c(Cl)c2)c1O. The molecule has 2 rings (SSSR count). The highest BCUT2D eigenvalue weighted by Gasteiger charge is 2.15. The van der Waals surface area contributed by atoms with Crippen LogP contribution in [0, 0.1) is 0 Å². The van der Waals surface area contributed by atoms with E-state index in [1.165, 1.54) is 18.4 Å². The summed E-state index contributed by atoms with van der Waals surface area (Å²) in [5.74, 6) is -0.360. The van der Waals surface area contributed by atoms with Gasteiger partial charge in [-0.05, 0) is 36.8 Å². The van der Waals surface area contributed by atoms with Gasteiger partial charge in [-0.2, -0.15) is 5.10 Å². The largest absolute Gasteiger partial charge is 0.506 e. The van der Waals surface area contributed by atoms with Gasteiger partial charge in [0.1, 0.15) is 12.3 Å². The molecule has 0 amide bonds. The van der Waals surface area contributed by atoms with Gasteiger partial charge < -0.3 is 15.2 Å². The van der Waals surface area contributed by atoms with Crippen LogP contribution in [0.15, 0.2) is 28.7 Å². The molecule has 2 aromatic rings. The Hall–Kier alpha value is -1.87. The van der Waals surface area contributed by atoms with Crippen molar-refractivity contribution in [1.29, 1.82) is 0 Å². The third-order valence-electron chi connectivity index (χ3n) is 3.28. The van der Waals surface area contributed by atoms with Gasteiger partial charge in [0, 0.05) is 5.38 Å². The average Bonchev–Trinajstić information content (AvgIpc) is 3.01. The average molecular weight is 432 g/mol. The van der Waals surface area contributed by atoms with Crippen LogP contribution in [0.25, 0.3) is 10.4 Å². The van der Waals surface area contributed by atoms with E-state index in [0.29, 0.717) is 26.2 Å². The van der Waals surface area contributed by atoms with Crippen molar-refractivity contribution in [3.05, 3.63) is 39.2 Å². The highest BCUT2D eigenvalue weighted by molar-refractivity contribution is 7.80. The molecule has 0 fully saturated rings. The van der Waals surface area contributed by atoms with E-state index >= 15 is 0 Å². The number of methoxy groups -OCH3 is 1. The molecule has 6 nitrogen and oxygen atoms in total. The molecule has 0 aliphatic rings. The van der Waals surface area contributed by atoms with Crippen molar-refractivity contribution < 1.29 is 14.6 Å². The van der Waals surface area contributed by atoms with Crippen molar-refractivity contribution in [3.8, 4) is 16.2 Å². The topological polar surface area (TPSA) is 83.0 Å². The van der Waals surface area contributed by atoms with E-state index in [1.54, 1.807) is 30.5 Å². The van der Waals surface area contributed by atoms with Crippen LogP contribution in [-0.2, 0) is 9.53 Å². The normalized spacial score (nSPS) is 11.2. The maximum atomic E-state index is 11.0. The fourth-order valence-corrected chi connectivity index (χ4v) is 3.33. The molecule has 138 valence electrons. The lowest BCUT2D eigenvalue weighted by molar-refractivity contribution is -0.139. The molecule has 1 heterocycles. The summed E-state index contributed by atoms with van der Waals surface area (Å²) in [6.07, 6.45) is 0. The van der Waals surface area contributed by atoms with Crippen LogP contribution < -0.4 is 10.7 Å². The molecular weight excluding hydrogens is 417 g/mol. The summed E-state index contributed by atoms with van der Waals surface area (Å²) in [6, 6.07) is 5.14. The zero-order valence-corrected chi connectivity index (χ0v) is 16.9. The monoisotopic (exact) mass is 431 g/mol. The second kappa shape index (κ2) is 9.18. The predicted octanol–water partition coefficient (Wildman–Crippen LogP) is 3.79. The summed E-state index contributed by atoms with van der Waals surface area (Å²) in [4.78, 5) is 11.7. The summed E-state index contributed by atoms with van der Waals surface area (Å²) < 4.78 is 4.50. The van der Waals surface area contributed by atoms with E-state index in [2.05, 4.69) is 20.6 Å². The predicted molar refractivity (Wildman–Crippen MR) is 109 cm³/mol. The molecule has 0 radical (unpaired) electrons. The summed E-state index contributed by atoms with van der Waals surface area (Å²) >= 11 is 18.3. The van der Waals surface area contributed by atoms with Gasteiger partial charge in [-0.1, -0.05) is 29.3 Å². The van der Waals surface area contributed by atoms with Crippen LogP contribution in [-0.4, -0.2) is 35.6 Å². The lowest BCUT2D eigenvalue weighted by Crippen LogP contribution is -2.36. The molecule has 0 saturated heterocycles. The molecule has 0 bridgehead atoms. The first-order valence-electron chi connectivity index (χ1n) is 7.24. The van der Waals surface area contributed by atoms with Crippen LogP contribution in [0.5, 0.6) is 5.75 Å². The number of aromatic hydroxyl groups is 1. The summed E-state index contributed by atoms with van der Waals surface area (Å²) in [7, 11) is 1.29. The summed E-state index contributed by atoms with van der Waals surface area (Å²) in [5, 5.41) is 20.1. The number of hydrazone groups is 1. The zero-order chi connectivity index (χ0) is 19.3. The summed E-state index contributed by atoms with van der Waals surface area (Å²) in [5.41, 5.74) is 4.44. The molecule has 3 N–H and O–H groups in total. The number of nitrogens with zero attached hydrogens (tertiary/aromatic N) is 1. The number of rotatable bonds is 5. The molecule has 10 heteroatoms. The highest BCUT2D eigenvalue weighted by atomic mass is 35.5. The Kier molecular flexibility index (Phi) is 7.22. The molecule has 1 aromatic carbocycles. The first kappa shape index (κ1) is 20.4. The standard InChI is InChI=1S/C16H15Cl2N3O3S2/c1-8(20-21-16(25)19-6-13(22)24-2)10-7-26-15(14(10)23)9-3-4-11(17)12(18)5-9/h3-5,7,23H,6H2,1-2H3,(H2,19,21,25)/b20-8-. The maximum Gasteiger partial charge on any atom is 0.325 e. The number of carbonyl (C=O) groups excluding carboxylic acids is 1. The van der Waals surface area contributed by atoms with E-state index in [-0.39, 0.29) is 17.4 Å². The van der Waals surface area contributed by atoms with Crippen LogP contribution >= 0.6 is 46.8 Å². The van der Waals surface area contributed by atoms with E-state index in [9.17, 15) is 9.90 Å². The van der Waals surface area contributed by atoms with Crippen molar-refractivity contribution in [2.75, 3.05) is 13.7 Å². The molecule has 0 atom stereocenters. The van der Waals surface area contributed by atoms with Crippen LogP contribution in [0.1, 0.15) is 12.5 Å². The molecule has 26 heavy (non-hydrogen) atoms. The van der Waals surface area contributed by atoms with Crippen LogP contribution in [0.2, 0.25) is 10.0 Å². The quantitative estimate of drug-likeness (QED) is 0.289. The number of carbonyl (C=O) groups is 1. The Morgan fingerprint density at radius 3 is 2.77 bits per heavy atom. The van der Waals surface area contributed by atoms with E-state index in [0.717, 1.165) is 5.56 Å². The minimum absolute atomic E-state index is 0.0674. The van der Waals surface area contributed by atoms with E-state index in [1.807, 2.05) is 0 Å². The first-order valence-corrected chi connectivity index (χ1v) is 9.29. The lowest BCUT2D eigenvalue weighted by atomic mass is 10.1. The molecular formula is C16H15Cl2N3O3S2. The number of hydrogen-bond acceptors (Lipinski definition) is 6. The van der Waals surface area contributed by atoms with Gasteiger partial charge in [0.25, 0.3) is 0 Å². The number of halogens is 2. The second-order valence-corrected chi connectivity index (χ2v) is 7.13. The number of thiophene rings is 1. The summed E-state index contributed by atoms with van der Waals surface area (Å²) in [6.45, 7) is 1.65. The Morgan fingerprint density at radius 2 is 2.12 bits per heavy atom. The zero-order valence-electron chi connectivity index (χ0n) is 13.8. The number of esters is 1. The molecule has 0 aliphatic heterocycles. The maximum absolute atomic E-state index is 11.0. The van der Waals surface area contributed by atoms with Crippen LogP contribution in [0.4, 0.5) is 0 Å². The van der Waals surface area contributed by atoms with Crippen molar-refractivity contribution >= 4 is 63.5 Å². The smallest absolute Gasteiger partial charge is 0.325 e. The molecule has 0 unspecified atom stereocenters. The van der Waals surface area contributed by atoms with Gasteiger partial charge in [-0.25, -0.2) is 0 Å². The molecule has 0 aliphatic carbocycles. The second-order valence-electron chi connectivity index (χ2n) is 5.02. The van der Waals surface area contributed by atoms with E-state index in [4.69, 9.17) is 35.4 Å². The van der Waals surface area contributed by atoms with Gasteiger partial charge in [0.2, 0.25) is 0 Å². The van der Waals surface area contributed by atoms with Crippen molar-refractivity contribution in [2.24, 2.45) is 5.10 Å². The van der Waals surface area contributed by atoms with Crippen molar-refractivity contribution in [1.82, 2.24) is 10.7 Å². The van der Waals surface area contributed by atoms with Gasteiger partial charge >= 0.3 is 5.97 Å². The Labute approximate surface area is 169 Å². The number of ether oxygens (including phenoxy) is 1. The minimum Gasteiger partial charge on any atom is -0.506 e. The van der Waals surface area contributed by atoms with Gasteiger partial charge in [0.05, 0.1) is 33.3 Å². The third kappa shape index (κ3) is 5.07. The number of benzene rings is 1. The molecule has 1 aromatic heterocycles. The fraction of sp³-hybridized carbons (Fsp3) is 0.188. The Morgan fingerprint density at radius 1 is 1.38 bits per heavy atom. The Bertz CT molecular complexity index is 868. The van der Waals surface area contributed by atoms with Crippen molar-refractivity contribution in [3.63, 3.8) is 0 Å². The first-order chi connectivity index (χ1) is 12.3. The minimum atomic E-state index is -0.448. The van der Waals surface area contributed by atoms with Crippen LogP contribution in [0.3, 0.4) is 0 Å². The highest BCUT2D eigenvalue weighted by Crippen LogP contribution is 2.40. The molecule has 0 saturated carbocycles. The van der Waals surface area contributed by atoms with Gasteiger partial charge in [-0.3, -0.25) is 10.2 Å². The lowest BCUT2D eigenvalue weighted by Gasteiger charge is -2.07. The number of hydrogen-bond donors (Lipinski definition) is 3. The third-order valence-corrected chi connectivity index (χ3v) is 5.28. The van der Waals surface area contributed by atoms with Crippen molar-refractivity contribution in [2.45, 2.75) is 6.92 Å². The number of nitrogens with one attached hydrogen (secondary N) is 2.